The van der Waals surface area contributed by atoms with E-state index < -0.39 is 0 Å². The normalized spacial score (nSPS) is 19.2. The standard InChI is InChI=1S/C13H15N4OS/c14-11-5-9(12(7-1-2-7)8-3-4-8)16-13-10(19-18)6-15-17(11)13/h5-8,12H,1-4,14H2/q+1. The highest BCUT2D eigenvalue weighted by Gasteiger charge is 2.43. The van der Waals surface area contributed by atoms with Gasteiger partial charge in [0, 0.05) is 16.2 Å². The van der Waals surface area contributed by atoms with Gasteiger partial charge in [0.1, 0.15) is 12.0 Å². The molecule has 2 aromatic heterocycles. The Kier molecular flexibility index (Phi) is 2.35. The number of hydrogen-bond donors (Lipinski definition) is 1. The summed E-state index contributed by atoms with van der Waals surface area (Å²) >= 11 is 0.431. The van der Waals surface area contributed by atoms with E-state index in [4.69, 9.17) is 5.73 Å². The molecule has 2 aliphatic rings. The van der Waals surface area contributed by atoms with Gasteiger partial charge in [-0.05, 0) is 37.5 Å². The Labute approximate surface area is 114 Å². The van der Waals surface area contributed by atoms with Crippen molar-refractivity contribution >= 4 is 23.1 Å². The van der Waals surface area contributed by atoms with Crippen molar-refractivity contribution in [3.63, 3.8) is 0 Å². The van der Waals surface area contributed by atoms with Crippen LogP contribution in [0.1, 0.15) is 37.3 Å². The predicted molar refractivity (Wildman–Crippen MR) is 71.9 cm³/mol. The zero-order valence-electron chi connectivity index (χ0n) is 10.5. The minimum Gasteiger partial charge on any atom is -0.384 e. The molecule has 2 aliphatic carbocycles. The van der Waals surface area contributed by atoms with Gasteiger partial charge in [-0.25, -0.2) is 4.98 Å². The molecule has 5 nitrogen and oxygen atoms in total. The maximum atomic E-state index is 11.1. The summed E-state index contributed by atoms with van der Waals surface area (Å²) in [4.78, 5) is 5.24. The maximum Gasteiger partial charge on any atom is 0.511 e. The van der Waals surface area contributed by atoms with Crippen molar-refractivity contribution < 1.29 is 4.21 Å². The molecule has 0 aromatic carbocycles. The first kappa shape index (κ1) is 11.3. The summed E-state index contributed by atoms with van der Waals surface area (Å²) in [5.41, 5.74) is 7.73. The van der Waals surface area contributed by atoms with Crippen LogP contribution in [0.15, 0.2) is 17.2 Å². The third-order valence-electron chi connectivity index (χ3n) is 4.18. The molecular weight excluding hydrogens is 260 g/mol. The number of hydrogen-bond acceptors (Lipinski definition) is 4. The van der Waals surface area contributed by atoms with Gasteiger partial charge >= 0.3 is 16.6 Å². The molecule has 0 radical (unpaired) electrons. The van der Waals surface area contributed by atoms with Crippen molar-refractivity contribution in [1.29, 1.82) is 0 Å². The first-order chi connectivity index (χ1) is 9.28. The molecule has 0 aliphatic heterocycles. The van der Waals surface area contributed by atoms with Crippen LogP contribution in [0.25, 0.3) is 5.65 Å². The summed E-state index contributed by atoms with van der Waals surface area (Å²) in [6.07, 6.45) is 6.75. The fourth-order valence-corrected chi connectivity index (χ4v) is 3.29. The second-order valence-corrected chi connectivity index (χ2v) is 6.24. The average molecular weight is 275 g/mol. The van der Waals surface area contributed by atoms with Crippen molar-refractivity contribution in [1.82, 2.24) is 14.6 Å². The van der Waals surface area contributed by atoms with E-state index in [1.807, 2.05) is 6.07 Å². The van der Waals surface area contributed by atoms with Gasteiger partial charge in [0.05, 0.1) is 5.69 Å². The smallest absolute Gasteiger partial charge is 0.384 e. The summed E-state index contributed by atoms with van der Waals surface area (Å²) in [5.74, 6) is 2.65. The molecule has 0 spiro atoms. The number of nitrogens with zero attached hydrogens (tertiary/aromatic N) is 3. The van der Waals surface area contributed by atoms with Gasteiger partial charge in [0.15, 0.2) is 0 Å². The van der Waals surface area contributed by atoms with Crippen molar-refractivity contribution in [3.05, 3.63) is 18.0 Å². The van der Waals surface area contributed by atoms with E-state index in [1.165, 1.54) is 25.7 Å². The second kappa shape index (κ2) is 3.96. The summed E-state index contributed by atoms with van der Waals surface area (Å²) < 4.78 is 12.6. The van der Waals surface area contributed by atoms with Crippen molar-refractivity contribution in [2.75, 3.05) is 5.73 Å². The molecule has 0 unspecified atom stereocenters. The van der Waals surface area contributed by atoms with Crippen molar-refractivity contribution in [2.24, 2.45) is 11.8 Å². The van der Waals surface area contributed by atoms with Crippen molar-refractivity contribution in [3.8, 4) is 0 Å². The fraction of sp³-hybridized carbons (Fsp3) is 0.538. The van der Waals surface area contributed by atoms with Gasteiger partial charge in [0.2, 0.25) is 5.65 Å². The molecule has 2 N–H and O–H groups in total. The van der Waals surface area contributed by atoms with Crippen LogP contribution in [0.3, 0.4) is 0 Å². The van der Waals surface area contributed by atoms with Gasteiger partial charge in [-0.2, -0.15) is 9.61 Å². The Balaban J connectivity index is 1.86. The van der Waals surface area contributed by atoms with Gasteiger partial charge in [-0.15, -0.1) is 0 Å². The van der Waals surface area contributed by atoms with Crippen molar-refractivity contribution in [2.45, 2.75) is 36.5 Å². The summed E-state index contributed by atoms with van der Waals surface area (Å²) in [6.45, 7) is 0. The number of nitrogens with two attached hydrogens (primary N) is 1. The molecule has 0 saturated heterocycles. The van der Waals surface area contributed by atoms with E-state index in [0.29, 0.717) is 33.9 Å². The Morgan fingerprint density at radius 3 is 2.58 bits per heavy atom. The lowest BCUT2D eigenvalue weighted by atomic mass is 9.94. The van der Waals surface area contributed by atoms with Crippen LogP contribution in [0.5, 0.6) is 0 Å². The second-order valence-electron chi connectivity index (χ2n) is 5.63. The fourth-order valence-electron chi connectivity index (χ4n) is 2.99. The maximum absolute atomic E-state index is 11.1. The van der Waals surface area contributed by atoms with E-state index in [1.54, 1.807) is 10.7 Å². The SMILES string of the molecule is Nc1cc(C(C2CC2)C2CC2)nc2c([S+]=O)cnn12. The molecule has 98 valence electrons. The van der Waals surface area contributed by atoms with Crippen LogP contribution in [0, 0.1) is 11.8 Å². The van der Waals surface area contributed by atoms with Crippen LogP contribution in [-0.4, -0.2) is 14.6 Å². The van der Waals surface area contributed by atoms with Crippen LogP contribution < -0.4 is 5.73 Å². The number of nitrogen functional groups attached to an aromatic ring is 1. The minimum atomic E-state index is 0.431. The number of anilines is 1. The van der Waals surface area contributed by atoms with E-state index in [-0.39, 0.29) is 0 Å². The Hall–Kier alpha value is -1.56. The molecule has 2 saturated carbocycles. The first-order valence-electron chi connectivity index (χ1n) is 6.72. The van der Waals surface area contributed by atoms with Gasteiger partial charge < -0.3 is 5.73 Å². The summed E-state index contributed by atoms with van der Waals surface area (Å²) in [5, 5.41) is 4.12. The summed E-state index contributed by atoms with van der Waals surface area (Å²) in [7, 11) is 0. The molecule has 2 fully saturated rings. The quantitative estimate of drug-likeness (QED) is 0.866. The third-order valence-corrected chi connectivity index (χ3v) is 4.65. The topological polar surface area (TPSA) is 73.3 Å². The lowest BCUT2D eigenvalue weighted by molar-refractivity contribution is 0.524. The largest absolute Gasteiger partial charge is 0.511 e. The number of fused-ring (bicyclic) bond motifs is 1. The molecule has 0 amide bonds. The molecular formula is C13H15N4OS+. The lowest BCUT2D eigenvalue weighted by Gasteiger charge is -2.15. The van der Waals surface area contributed by atoms with E-state index in [9.17, 15) is 4.21 Å². The number of rotatable bonds is 4. The van der Waals surface area contributed by atoms with E-state index in [2.05, 4.69) is 10.1 Å². The highest BCUT2D eigenvalue weighted by Crippen LogP contribution is 2.54. The molecule has 0 atom stereocenters. The van der Waals surface area contributed by atoms with Crippen LogP contribution in [0.4, 0.5) is 5.82 Å². The van der Waals surface area contributed by atoms with Crippen LogP contribution in [0.2, 0.25) is 0 Å². The zero-order chi connectivity index (χ0) is 13.0. The highest BCUT2D eigenvalue weighted by atomic mass is 32.1. The third kappa shape index (κ3) is 1.82. The van der Waals surface area contributed by atoms with Gasteiger partial charge in [-0.1, -0.05) is 0 Å². The Morgan fingerprint density at radius 1 is 1.32 bits per heavy atom. The lowest BCUT2D eigenvalue weighted by Crippen LogP contribution is -2.10. The van der Waals surface area contributed by atoms with E-state index in [0.717, 1.165) is 17.5 Å². The Bertz CT molecular complexity index is 648. The molecule has 2 heterocycles. The van der Waals surface area contributed by atoms with Crippen LogP contribution >= 0.6 is 0 Å². The average Bonchev–Trinajstić information content (AvgIpc) is 3.31. The molecule has 0 bridgehead atoms. The molecule has 2 aromatic rings. The monoisotopic (exact) mass is 275 g/mol. The van der Waals surface area contributed by atoms with Crippen LogP contribution in [-0.2, 0) is 15.9 Å². The minimum absolute atomic E-state index is 0.431. The van der Waals surface area contributed by atoms with Gasteiger partial charge in [0.25, 0.3) is 0 Å². The Morgan fingerprint density at radius 2 is 2.00 bits per heavy atom. The van der Waals surface area contributed by atoms with Gasteiger partial charge in [-0.3, -0.25) is 0 Å². The highest BCUT2D eigenvalue weighted by molar-refractivity contribution is 7.65. The zero-order valence-corrected chi connectivity index (χ0v) is 11.3. The molecule has 4 rings (SSSR count). The first-order valence-corrected chi connectivity index (χ1v) is 7.46. The molecule has 6 heteroatoms. The predicted octanol–water partition coefficient (Wildman–Crippen LogP) is 2.00. The summed E-state index contributed by atoms with van der Waals surface area (Å²) in [6, 6.07) is 1.94. The molecule has 19 heavy (non-hydrogen) atoms. The number of aromatic nitrogens is 3. The van der Waals surface area contributed by atoms with E-state index >= 15 is 0 Å².